The highest BCUT2D eigenvalue weighted by molar-refractivity contribution is 7.09. The standard InChI is InChI=1S/C18H25N5OS/c1-22(2)18-20-17(25-21-18)14-7-4-6-13(12-14)16(24)19-10-9-15-8-5-11-23(15)3/h4,6-7,12,15H,5,8-11H2,1-3H3,(H,19,24)/t15-/m1/s1. The van der Waals surface area contributed by atoms with Gasteiger partial charge in [0.05, 0.1) is 0 Å². The highest BCUT2D eigenvalue weighted by Gasteiger charge is 2.20. The van der Waals surface area contributed by atoms with Crippen molar-refractivity contribution in [1.29, 1.82) is 0 Å². The Morgan fingerprint density at radius 2 is 2.28 bits per heavy atom. The average Bonchev–Trinajstić information content (AvgIpc) is 3.25. The van der Waals surface area contributed by atoms with Gasteiger partial charge in [0, 0.05) is 37.8 Å². The Balaban J connectivity index is 1.61. The highest BCUT2D eigenvalue weighted by Crippen LogP contribution is 2.24. The number of rotatable bonds is 6. The molecule has 0 spiro atoms. The van der Waals surface area contributed by atoms with E-state index < -0.39 is 0 Å². The van der Waals surface area contributed by atoms with Crippen molar-refractivity contribution in [3.05, 3.63) is 29.8 Å². The minimum atomic E-state index is -0.0279. The van der Waals surface area contributed by atoms with E-state index in [1.165, 1.54) is 24.4 Å². The number of nitrogens with zero attached hydrogens (tertiary/aromatic N) is 4. The summed E-state index contributed by atoms with van der Waals surface area (Å²) in [6.07, 6.45) is 3.49. The summed E-state index contributed by atoms with van der Waals surface area (Å²) in [6.45, 7) is 1.87. The number of carbonyl (C=O) groups is 1. The van der Waals surface area contributed by atoms with Gasteiger partial charge in [-0.2, -0.15) is 9.36 Å². The van der Waals surface area contributed by atoms with E-state index in [-0.39, 0.29) is 5.91 Å². The van der Waals surface area contributed by atoms with Crippen molar-refractivity contribution in [3.8, 4) is 10.6 Å². The van der Waals surface area contributed by atoms with Crippen LogP contribution in [0.2, 0.25) is 0 Å². The Morgan fingerprint density at radius 3 is 2.96 bits per heavy atom. The Morgan fingerprint density at radius 1 is 1.44 bits per heavy atom. The molecule has 25 heavy (non-hydrogen) atoms. The number of carbonyl (C=O) groups excluding carboxylic acids is 1. The maximum atomic E-state index is 12.4. The van der Waals surface area contributed by atoms with E-state index >= 15 is 0 Å². The molecule has 1 aromatic heterocycles. The molecule has 0 bridgehead atoms. The van der Waals surface area contributed by atoms with Gasteiger partial charge in [-0.1, -0.05) is 12.1 Å². The number of hydrogen-bond donors (Lipinski definition) is 1. The van der Waals surface area contributed by atoms with Gasteiger partial charge in [0.25, 0.3) is 5.91 Å². The monoisotopic (exact) mass is 359 g/mol. The summed E-state index contributed by atoms with van der Waals surface area (Å²) in [4.78, 5) is 21.2. The fraction of sp³-hybridized carbons (Fsp3) is 0.500. The molecular formula is C18H25N5OS. The maximum absolute atomic E-state index is 12.4. The Bertz CT molecular complexity index is 730. The summed E-state index contributed by atoms with van der Waals surface area (Å²) >= 11 is 1.35. The molecule has 2 aromatic rings. The van der Waals surface area contributed by atoms with Crippen molar-refractivity contribution >= 4 is 23.4 Å². The van der Waals surface area contributed by atoms with Gasteiger partial charge in [-0.15, -0.1) is 0 Å². The van der Waals surface area contributed by atoms with Gasteiger partial charge in [-0.3, -0.25) is 4.79 Å². The number of benzene rings is 1. The third kappa shape index (κ3) is 4.35. The highest BCUT2D eigenvalue weighted by atomic mass is 32.1. The van der Waals surface area contributed by atoms with Crippen LogP contribution in [0.5, 0.6) is 0 Å². The van der Waals surface area contributed by atoms with E-state index in [1.807, 2.05) is 43.3 Å². The number of aromatic nitrogens is 2. The predicted octanol–water partition coefficient (Wildman–Crippen LogP) is 2.49. The van der Waals surface area contributed by atoms with E-state index in [0.29, 0.717) is 24.1 Å². The van der Waals surface area contributed by atoms with Crippen molar-refractivity contribution in [2.75, 3.05) is 39.1 Å². The molecule has 0 radical (unpaired) electrons. The van der Waals surface area contributed by atoms with Crippen LogP contribution < -0.4 is 10.2 Å². The molecule has 0 saturated carbocycles. The van der Waals surface area contributed by atoms with Gasteiger partial charge in [-0.05, 0) is 56.5 Å². The van der Waals surface area contributed by atoms with Gasteiger partial charge in [-0.25, -0.2) is 0 Å². The van der Waals surface area contributed by atoms with Crippen LogP contribution in [0, 0.1) is 0 Å². The molecule has 1 atom stereocenters. The van der Waals surface area contributed by atoms with Crippen LogP contribution in [0.15, 0.2) is 24.3 Å². The molecule has 1 fully saturated rings. The fourth-order valence-electron chi connectivity index (χ4n) is 3.11. The summed E-state index contributed by atoms with van der Waals surface area (Å²) in [5.41, 5.74) is 1.59. The molecule has 6 nitrogen and oxygen atoms in total. The molecule has 3 rings (SSSR count). The molecule has 1 aliphatic heterocycles. The number of likely N-dealkylation sites (tertiary alicyclic amines) is 1. The topological polar surface area (TPSA) is 61.4 Å². The van der Waals surface area contributed by atoms with Crippen molar-refractivity contribution in [1.82, 2.24) is 19.6 Å². The quantitative estimate of drug-likeness (QED) is 0.859. The molecule has 1 aliphatic rings. The number of amides is 1. The zero-order valence-electron chi connectivity index (χ0n) is 15.0. The largest absolute Gasteiger partial charge is 0.352 e. The van der Waals surface area contributed by atoms with E-state index in [0.717, 1.165) is 23.5 Å². The van der Waals surface area contributed by atoms with Gasteiger partial charge in [0.1, 0.15) is 5.01 Å². The summed E-state index contributed by atoms with van der Waals surface area (Å²) in [6, 6.07) is 8.18. The first kappa shape index (κ1) is 17.8. The zero-order chi connectivity index (χ0) is 17.8. The van der Waals surface area contributed by atoms with Gasteiger partial charge in [0.15, 0.2) is 0 Å². The lowest BCUT2D eigenvalue weighted by Crippen LogP contribution is -2.31. The molecular weight excluding hydrogens is 334 g/mol. The van der Waals surface area contributed by atoms with E-state index in [4.69, 9.17) is 0 Å². The minimum absolute atomic E-state index is 0.0279. The molecule has 7 heteroatoms. The normalized spacial score (nSPS) is 17.6. The van der Waals surface area contributed by atoms with Crippen molar-refractivity contribution in [2.24, 2.45) is 0 Å². The summed E-state index contributed by atoms with van der Waals surface area (Å²) < 4.78 is 4.32. The summed E-state index contributed by atoms with van der Waals surface area (Å²) in [7, 11) is 5.99. The van der Waals surface area contributed by atoms with Crippen molar-refractivity contribution < 1.29 is 4.79 Å². The third-order valence-corrected chi connectivity index (χ3v) is 5.38. The lowest BCUT2D eigenvalue weighted by molar-refractivity contribution is 0.0950. The third-order valence-electron chi connectivity index (χ3n) is 4.62. The van der Waals surface area contributed by atoms with Gasteiger partial charge >= 0.3 is 0 Å². The summed E-state index contributed by atoms with van der Waals surface area (Å²) in [5, 5.41) is 3.87. The number of nitrogens with one attached hydrogen (secondary N) is 1. The predicted molar refractivity (Wildman–Crippen MR) is 102 cm³/mol. The second-order valence-corrected chi connectivity index (χ2v) is 7.45. The smallest absolute Gasteiger partial charge is 0.251 e. The van der Waals surface area contributed by atoms with Crippen molar-refractivity contribution in [3.63, 3.8) is 0 Å². The summed E-state index contributed by atoms with van der Waals surface area (Å²) in [5.74, 6) is 0.662. The average molecular weight is 359 g/mol. The number of hydrogen-bond acceptors (Lipinski definition) is 6. The van der Waals surface area contributed by atoms with Crippen LogP contribution in [-0.2, 0) is 0 Å². The Hall–Kier alpha value is -1.99. The van der Waals surface area contributed by atoms with Crippen LogP contribution in [0.4, 0.5) is 5.95 Å². The van der Waals surface area contributed by atoms with Crippen molar-refractivity contribution in [2.45, 2.75) is 25.3 Å². The molecule has 1 aromatic carbocycles. The molecule has 134 valence electrons. The zero-order valence-corrected chi connectivity index (χ0v) is 15.8. The maximum Gasteiger partial charge on any atom is 0.251 e. The lowest BCUT2D eigenvalue weighted by atomic mass is 10.1. The molecule has 1 saturated heterocycles. The first-order valence-corrected chi connectivity index (χ1v) is 9.42. The Labute approximate surface area is 153 Å². The Kier molecular flexibility index (Phi) is 5.65. The van der Waals surface area contributed by atoms with Crippen LogP contribution in [0.1, 0.15) is 29.6 Å². The van der Waals surface area contributed by atoms with E-state index in [2.05, 4.69) is 26.6 Å². The van der Waals surface area contributed by atoms with Crippen LogP contribution in [-0.4, -0.2) is 60.4 Å². The minimum Gasteiger partial charge on any atom is -0.352 e. The first-order chi connectivity index (χ1) is 12.0. The SMILES string of the molecule is CN(C)c1nsc(-c2cccc(C(=O)NCC[C@H]3CCCN3C)c2)n1. The lowest BCUT2D eigenvalue weighted by Gasteiger charge is -2.19. The van der Waals surface area contributed by atoms with Gasteiger partial charge in [0.2, 0.25) is 5.95 Å². The van der Waals surface area contributed by atoms with Gasteiger partial charge < -0.3 is 15.1 Å². The van der Waals surface area contributed by atoms with Crippen LogP contribution in [0.3, 0.4) is 0 Å². The molecule has 1 N–H and O–H groups in total. The van der Waals surface area contributed by atoms with E-state index in [1.54, 1.807) is 0 Å². The van der Waals surface area contributed by atoms with E-state index in [9.17, 15) is 4.79 Å². The molecule has 2 heterocycles. The molecule has 1 amide bonds. The second kappa shape index (κ2) is 7.93. The van der Waals surface area contributed by atoms with Crippen LogP contribution in [0.25, 0.3) is 10.6 Å². The number of anilines is 1. The first-order valence-electron chi connectivity index (χ1n) is 8.64. The van der Waals surface area contributed by atoms with Crippen LogP contribution >= 0.6 is 11.5 Å². The second-order valence-electron chi connectivity index (χ2n) is 6.70. The molecule has 0 unspecified atom stereocenters. The fourth-order valence-corrected chi connectivity index (χ4v) is 3.83. The molecule has 0 aliphatic carbocycles.